The Morgan fingerprint density at radius 3 is 1.17 bits per heavy atom. The predicted molar refractivity (Wildman–Crippen MR) is 64.2 cm³/mol. The van der Waals surface area contributed by atoms with Gasteiger partial charge in [0.2, 0.25) is 0 Å². The van der Waals surface area contributed by atoms with Crippen LogP contribution in [0, 0.1) is 0 Å². The van der Waals surface area contributed by atoms with E-state index in [9.17, 15) is 0 Å². The maximum atomic E-state index is 3.93. The van der Waals surface area contributed by atoms with Crippen molar-refractivity contribution in [2.24, 2.45) is 0 Å². The predicted octanol–water partition coefficient (Wildman–Crippen LogP) is 2.94. The molecule has 0 aliphatic rings. The molecule has 0 aliphatic heterocycles. The van der Waals surface area contributed by atoms with E-state index in [1.54, 1.807) is 0 Å². The molecule has 4 heteroatoms. The molecule has 0 aromatic heterocycles. The summed E-state index contributed by atoms with van der Waals surface area (Å²) >= 11 is 3.93. The van der Waals surface area contributed by atoms with Gasteiger partial charge in [0, 0.05) is 0 Å². The zero-order valence-corrected chi connectivity index (χ0v) is 11.5. The molecule has 0 radical (unpaired) electrons. The van der Waals surface area contributed by atoms with Crippen LogP contribution in [0.25, 0.3) is 0 Å². The van der Waals surface area contributed by atoms with Crippen molar-refractivity contribution in [1.82, 2.24) is 10.2 Å². The van der Waals surface area contributed by atoms with E-state index in [1.165, 1.54) is 0 Å². The molecule has 0 atom stereocenters. The van der Waals surface area contributed by atoms with Crippen molar-refractivity contribution in [2.45, 2.75) is 39.0 Å². The Balaban J connectivity index is 5.03. The average Bonchev–Trinajstić information content (AvgIpc) is 2.02. The Morgan fingerprint density at radius 2 is 1.17 bits per heavy atom. The quantitative estimate of drug-likeness (QED) is 0.756. The van der Waals surface area contributed by atoms with E-state index in [1.807, 2.05) is 14.1 Å². The second-order valence-electron chi connectivity index (χ2n) is 3.78. The molecule has 12 heavy (non-hydrogen) atoms. The summed E-state index contributed by atoms with van der Waals surface area (Å²) in [6.07, 6.45) is 0. The van der Waals surface area contributed by atoms with Crippen molar-refractivity contribution >= 4 is 21.1 Å². The van der Waals surface area contributed by atoms with E-state index >= 15 is 0 Å². The Morgan fingerprint density at radius 1 is 0.917 bits per heavy atom. The maximum absolute atomic E-state index is 3.93. The number of rotatable bonds is 4. The Kier molecular flexibility index (Phi) is 4.18. The molecule has 76 valence electrons. The summed E-state index contributed by atoms with van der Waals surface area (Å²) in [7, 11) is 4.06. The van der Waals surface area contributed by atoms with Gasteiger partial charge in [-0.15, -0.1) is 0 Å². The van der Waals surface area contributed by atoms with Crippen LogP contribution in [0.15, 0.2) is 0 Å². The van der Waals surface area contributed by atoms with E-state index in [0.717, 1.165) is 0 Å². The molecule has 0 bridgehead atoms. The van der Waals surface area contributed by atoms with Gasteiger partial charge in [-0.1, -0.05) is 0 Å². The summed E-state index contributed by atoms with van der Waals surface area (Å²) in [5.41, 5.74) is -0.880. The summed E-state index contributed by atoms with van der Waals surface area (Å²) in [5.74, 6) is 0. The van der Waals surface area contributed by atoms with Gasteiger partial charge >= 0.3 is 84.4 Å². The third-order valence-corrected chi connectivity index (χ3v) is 15.8. The van der Waals surface area contributed by atoms with Gasteiger partial charge in [-0.3, -0.25) is 0 Å². The zero-order chi connectivity index (χ0) is 10.0. The Bertz CT molecular complexity index is 143. The Hall–Kier alpha value is 0.830. The van der Waals surface area contributed by atoms with E-state index in [4.69, 9.17) is 0 Å². The molecule has 0 heterocycles. The van der Waals surface area contributed by atoms with Gasteiger partial charge in [0.05, 0.1) is 0 Å². The average molecular weight is 257 g/mol. The van der Waals surface area contributed by atoms with E-state index < -0.39 is 5.61 Å². The van der Waals surface area contributed by atoms with Crippen LogP contribution in [0.4, 0.5) is 0 Å². The van der Waals surface area contributed by atoms with Crippen molar-refractivity contribution < 1.29 is 0 Å². The van der Waals surface area contributed by atoms with Gasteiger partial charge in [0.15, 0.2) is 0 Å². The van der Waals surface area contributed by atoms with Crippen molar-refractivity contribution in [3.05, 3.63) is 0 Å². The summed E-state index contributed by atoms with van der Waals surface area (Å²) in [6, 6.07) is 0. The second-order valence-corrected chi connectivity index (χ2v) is 13.6. The monoisotopic (exact) mass is 256 g/mol. The van der Waals surface area contributed by atoms with Gasteiger partial charge in [-0.2, -0.15) is 0 Å². The minimum absolute atomic E-state index is 0.589. The number of hydrogen-bond donors (Lipinski definition) is 2. The molecule has 0 aromatic carbocycles. The fourth-order valence-corrected chi connectivity index (χ4v) is 5.22. The van der Waals surface area contributed by atoms with Crippen LogP contribution in [-0.2, 0) is 0 Å². The van der Waals surface area contributed by atoms with Crippen LogP contribution in [0.1, 0.15) is 27.7 Å². The van der Waals surface area contributed by atoms with Gasteiger partial charge < -0.3 is 0 Å². The fraction of sp³-hybridized carbons (Fsp3) is 1.00. The molecule has 0 aliphatic carbocycles. The van der Waals surface area contributed by atoms with E-state index in [0.29, 0.717) is 11.3 Å². The molecule has 0 spiro atoms. The Labute approximate surface area is 84.7 Å². The molecule has 2 nitrogen and oxygen atoms in total. The van der Waals surface area contributed by atoms with Crippen LogP contribution in [0.5, 0.6) is 0 Å². The van der Waals surface area contributed by atoms with Crippen LogP contribution in [0.2, 0.25) is 0 Å². The van der Waals surface area contributed by atoms with Crippen molar-refractivity contribution in [3.8, 4) is 0 Å². The fourth-order valence-electron chi connectivity index (χ4n) is 1.74. The van der Waals surface area contributed by atoms with Crippen molar-refractivity contribution in [2.75, 3.05) is 14.1 Å². The van der Waals surface area contributed by atoms with Gasteiger partial charge in [0.1, 0.15) is 0 Å². The van der Waals surface area contributed by atoms with Crippen LogP contribution >= 0.6 is 21.1 Å². The molecule has 0 fully saturated rings. The molecule has 0 unspecified atom stereocenters. The number of hydrogen-bond acceptors (Lipinski definition) is 2. The zero-order valence-electron chi connectivity index (χ0n) is 8.98. The van der Waals surface area contributed by atoms with Gasteiger partial charge in [-0.05, 0) is 0 Å². The van der Waals surface area contributed by atoms with Gasteiger partial charge in [0.25, 0.3) is 0 Å². The van der Waals surface area contributed by atoms with E-state index in [-0.39, 0.29) is 0 Å². The SMILES string of the molecule is CNP(Br)(NC)(C(C)C)C(C)C. The first-order valence-corrected chi connectivity index (χ1v) is 8.84. The van der Waals surface area contributed by atoms with Crippen LogP contribution in [-0.4, -0.2) is 25.4 Å². The van der Waals surface area contributed by atoms with Crippen LogP contribution in [0.3, 0.4) is 0 Å². The summed E-state index contributed by atoms with van der Waals surface area (Å²) in [5, 5.41) is 6.95. The van der Waals surface area contributed by atoms with Crippen molar-refractivity contribution in [1.29, 1.82) is 0 Å². The summed E-state index contributed by atoms with van der Waals surface area (Å²) in [6.45, 7) is 9.00. The number of nitrogens with one attached hydrogen (secondary N) is 2. The molecule has 0 amide bonds. The normalized spacial score (nSPS) is 16.6. The van der Waals surface area contributed by atoms with Crippen LogP contribution < -0.4 is 10.2 Å². The number of halogens is 1. The molecule has 0 saturated carbocycles. The third kappa shape index (κ3) is 1.70. The third-order valence-electron chi connectivity index (χ3n) is 2.93. The molecule has 2 N–H and O–H groups in total. The standard InChI is InChI=1S/C8H22BrN2P/c1-7(2)12(9,10-5,11-6)8(3)4/h7-8,10-11H,1-6H3. The van der Waals surface area contributed by atoms with Gasteiger partial charge in [-0.25, -0.2) is 0 Å². The molecule has 0 rings (SSSR count). The molecular formula is C8H22BrN2P. The van der Waals surface area contributed by atoms with Crippen molar-refractivity contribution in [3.63, 3.8) is 0 Å². The summed E-state index contributed by atoms with van der Waals surface area (Å²) in [4.78, 5) is 0. The second kappa shape index (κ2) is 3.91. The molecular weight excluding hydrogens is 235 g/mol. The minimum atomic E-state index is -2.06. The summed E-state index contributed by atoms with van der Waals surface area (Å²) < 4.78 is 0. The molecule has 0 aromatic rings. The first-order valence-electron chi connectivity index (χ1n) is 4.44. The first kappa shape index (κ1) is 12.8. The molecule has 0 saturated heterocycles. The topological polar surface area (TPSA) is 24.1 Å². The first-order chi connectivity index (χ1) is 5.32. The van der Waals surface area contributed by atoms with E-state index in [2.05, 4.69) is 53.4 Å².